The van der Waals surface area contributed by atoms with Crippen molar-refractivity contribution >= 4 is 6.29 Å². The molecule has 2 aromatic rings. The summed E-state index contributed by atoms with van der Waals surface area (Å²) in [5.41, 5.74) is 0.746. The maximum Gasteiger partial charge on any atom is 0.357 e. The van der Waals surface area contributed by atoms with Gasteiger partial charge in [0.05, 0.1) is 7.11 Å². The second-order valence-electron chi connectivity index (χ2n) is 3.43. The molecule has 0 atom stereocenters. The van der Waals surface area contributed by atoms with E-state index in [0.717, 1.165) is 17.6 Å². The standard InChI is InChI=1S/C14H12IO2.ClH/c1-17-14-7-5-12(6-8-14)15-13-4-2-3-11(9-13)10-16;/h2-10H,1H3;1H/q+1;/p-1. The number of hydrogen-bond donors (Lipinski definition) is 0. The topological polar surface area (TPSA) is 26.3 Å². The molecule has 0 saturated heterocycles. The summed E-state index contributed by atoms with van der Waals surface area (Å²) in [7, 11) is 1.66. The molecule has 4 heteroatoms. The largest absolute Gasteiger partial charge is 1.00 e. The molecule has 2 aromatic carbocycles. The van der Waals surface area contributed by atoms with E-state index in [0.29, 0.717) is 0 Å². The molecule has 0 aliphatic rings. The molecule has 0 aliphatic heterocycles. The molecule has 0 bridgehead atoms. The lowest BCUT2D eigenvalue weighted by atomic mass is 10.2. The molecule has 2 rings (SSSR count). The smallest absolute Gasteiger partial charge is 0.357 e. The van der Waals surface area contributed by atoms with Gasteiger partial charge in [-0.3, -0.25) is 4.79 Å². The molecule has 0 unspecified atom stereocenters. The predicted octanol–water partition coefficient (Wildman–Crippen LogP) is -3.36. The molecule has 0 fully saturated rings. The minimum absolute atomic E-state index is 0. The molecule has 2 nitrogen and oxygen atoms in total. The minimum atomic E-state index is -0.227. The first-order valence-corrected chi connectivity index (χ1v) is 7.31. The summed E-state index contributed by atoms with van der Waals surface area (Å²) in [6.07, 6.45) is 0.890. The van der Waals surface area contributed by atoms with Gasteiger partial charge in [-0.15, -0.1) is 0 Å². The molecule has 0 N–H and O–H groups in total. The number of halogens is 2. The first-order chi connectivity index (χ1) is 8.31. The zero-order chi connectivity index (χ0) is 12.1. The van der Waals surface area contributed by atoms with Crippen LogP contribution in [0.2, 0.25) is 0 Å². The van der Waals surface area contributed by atoms with E-state index in [-0.39, 0.29) is 33.6 Å². The van der Waals surface area contributed by atoms with Crippen LogP contribution in [-0.2, 0) is 0 Å². The van der Waals surface area contributed by atoms with Gasteiger partial charge in [0.15, 0.2) is 7.14 Å². The molecular formula is C14H12ClIO2. The Kier molecular flexibility index (Phi) is 6.15. The van der Waals surface area contributed by atoms with Crippen molar-refractivity contribution < 1.29 is 43.1 Å². The van der Waals surface area contributed by atoms with Crippen LogP contribution in [0.15, 0.2) is 48.5 Å². The third kappa shape index (κ3) is 3.99. The number of rotatable bonds is 4. The fraction of sp³-hybridized carbons (Fsp3) is 0.0714. The number of carbonyl (C=O) groups is 1. The Hall–Kier alpha value is -1.07. The number of ether oxygens (including phenoxy) is 1. The van der Waals surface area contributed by atoms with E-state index < -0.39 is 0 Å². The highest BCUT2D eigenvalue weighted by molar-refractivity contribution is 5.74. The van der Waals surface area contributed by atoms with E-state index >= 15 is 0 Å². The molecule has 0 aromatic heterocycles. The molecule has 0 saturated carbocycles. The Balaban J connectivity index is 0.00000162. The van der Waals surface area contributed by atoms with Gasteiger partial charge in [-0.25, -0.2) is 0 Å². The van der Waals surface area contributed by atoms with E-state index in [2.05, 4.69) is 18.2 Å². The van der Waals surface area contributed by atoms with Gasteiger partial charge in [-0.05, 0) is 30.3 Å². The van der Waals surface area contributed by atoms with Gasteiger partial charge in [0, 0.05) is 11.6 Å². The molecule has 0 heterocycles. The Morgan fingerprint density at radius 2 is 1.78 bits per heavy atom. The van der Waals surface area contributed by atoms with Crippen molar-refractivity contribution in [3.05, 3.63) is 61.2 Å². The van der Waals surface area contributed by atoms with Crippen molar-refractivity contribution in [2.45, 2.75) is 0 Å². The predicted molar refractivity (Wildman–Crippen MR) is 62.2 cm³/mol. The van der Waals surface area contributed by atoms with Gasteiger partial charge >= 0.3 is 21.2 Å². The summed E-state index contributed by atoms with van der Waals surface area (Å²) in [5, 5.41) is 0. The van der Waals surface area contributed by atoms with Crippen molar-refractivity contribution in [3.8, 4) is 5.75 Å². The highest BCUT2D eigenvalue weighted by Gasteiger charge is 2.15. The van der Waals surface area contributed by atoms with Crippen LogP contribution in [-0.4, -0.2) is 13.4 Å². The molecule has 0 spiro atoms. The van der Waals surface area contributed by atoms with Crippen molar-refractivity contribution in [1.29, 1.82) is 0 Å². The molecular weight excluding hydrogens is 363 g/mol. The number of methoxy groups -OCH3 is 1. The molecule has 0 aliphatic carbocycles. The minimum Gasteiger partial charge on any atom is -1.00 e. The van der Waals surface area contributed by atoms with Crippen LogP contribution in [0.1, 0.15) is 10.4 Å². The summed E-state index contributed by atoms with van der Waals surface area (Å²) in [4.78, 5) is 10.7. The van der Waals surface area contributed by atoms with Crippen LogP contribution in [0.25, 0.3) is 0 Å². The third-order valence-corrected chi connectivity index (χ3v) is 4.89. The second-order valence-corrected chi connectivity index (χ2v) is 6.46. The maximum atomic E-state index is 10.7. The highest BCUT2D eigenvalue weighted by Crippen LogP contribution is 2.06. The number of benzene rings is 2. The van der Waals surface area contributed by atoms with Crippen molar-refractivity contribution in [2.75, 3.05) is 7.11 Å². The summed E-state index contributed by atoms with van der Waals surface area (Å²) >= 11 is -0.227. The van der Waals surface area contributed by atoms with Gasteiger partial charge < -0.3 is 17.1 Å². The fourth-order valence-corrected chi connectivity index (χ4v) is 3.74. The quantitative estimate of drug-likeness (QED) is 0.413. The average Bonchev–Trinajstić information content (AvgIpc) is 2.40. The van der Waals surface area contributed by atoms with Crippen LogP contribution in [0.3, 0.4) is 0 Å². The number of aldehydes is 1. The van der Waals surface area contributed by atoms with Gasteiger partial charge in [0.1, 0.15) is 12.0 Å². The van der Waals surface area contributed by atoms with Crippen LogP contribution in [0, 0.1) is 7.14 Å². The lowest BCUT2D eigenvalue weighted by molar-refractivity contribution is -0.597. The third-order valence-electron chi connectivity index (χ3n) is 2.25. The molecule has 0 radical (unpaired) electrons. The fourth-order valence-electron chi connectivity index (χ4n) is 1.40. The normalized spacial score (nSPS) is 9.39. The number of carbonyl (C=O) groups excluding carboxylic acids is 1. The van der Waals surface area contributed by atoms with Crippen LogP contribution < -0.4 is 38.3 Å². The van der Waals surface area contributed by atoms with Gasteiger partial charge in [0.25, 0.3) is 0 Å². The van der Waals surface area contributed by atoms with Crippen LogP contribution in [0.4, 0.5) is 0 Å². The van der Waals surface area contributed by atoms with Gasteiger partial charge in [-0.2, -0.15) is 0 Å². The molecule has 94 valence electrons. The van der Waals surface area contributed by atoms with E-state index in [1.165, 1.54) is 7.14 Å². The van der Waals surface area contributed by atoms with Crippen molar-refractivity contribution in [1.82, 2.24) is 0 Å². The lowest BCUT2D eigenvalue weighted by Crippen LogP contribution is -3.61. The first-order valence-electron chi connectivity index (χ1n) is 5.16. The van der Waals surface area contributed by atoms with E-state index in [1.54, 1.807) is 7.11 Å². The Bertz CT molecular complexity index is 511. The summed E-state index contributed by atoms with van der Waals surface area (Å²) < 4.78 is 7.68. The Labute approximate surface area is 123 Å². The lowest BCUT2D eigenvalue weighted by Gasteiger charge is -1.95. The monoisotopic (exact) mass is 374 g/mol. The summed E-state index contributed by atoms with van der Waals surface area (Å²) in [6, 6.07) is 15.9. The van der Waals surface area contributed by atoms with Crippen molar-refractivity contribution in [3.63, 3.8) is 0 Å². The molecule has 18 heavy (non-hydrogen) atoms. The highest BCUT2D eigenvalue weighted by atomic mass is 127. The zero-order valence-corrected chi connectivity index (χ0v) is 12.7. The Morgan fingerprint density at radius 3 is 2.39 bits per heavy atom. The van der Waals surface area contributed by atoms with E-state index in [9.17, 15) is 4.79 Å². The average molecular weight is 375 g/mol. The van der Waals surface area contributed by atoms with E-state index in [1.807, 2.05) is 30.3 Å². The van der Waals surface area contributed by atoms with Crippen LogP contribution >= 0.6 is 0 Å². The SMILES string of the molecule is COc1ccc([I+]c2cccc(C=O)c2)cc1.[Cl-]. The van der Waals surface area contributed by atoms with Gasteiger partial charge in [0.2, 0.25) is 0 Å². The van der Waals surface area contributed by atoms with Gasteiger partial charge in [-0.1, -0.05) is 12.1 Å². The summed E-state index contributed by atoms with van der Waals surface area (Å²) in [5.74, 6) is 0.874. The van der Waals surface area contributed by atoms with E-state index in [4.69, 9.17) is 4.74 Å². The molecule has 0 amide bonds. The second kappa shape index (κ2) is 7.38. The zero-order valence-electron chi connectivity index (χ0n) is 9.77. The first kappa shape index (κ1) is 15.0. The maximum absolute atomic E-state index is 10.7. The van der Waals surface area contributed by atoms with Crippen molar-refractivity contribution in [2.24, 2.45) is 0 Å². The number of hydrogen-bond acceptors (Lipinski definition) is 2. The van der Waals surface area contributed by atoms with Crippen LogP contribution in [0.5, 0.6) is 5.75 Å². The Morgan fingerprint density at radius 1 is 1.06 bits per heavy atom. The summed E-state index contributed by atoms with van der Waals surface area (Å²) in [6.45, 7) is 0.